The Labute approximate surface area is 106 Å². The molecular formula is C13H17N3O2. The van der Waals surface area contributed by atoms with Gasteiger partial charge < -0.3 is 5.73 Å². The average molecular weight is 247 g/mol. The van der Waals surface area contributed by atoms with Crippen molar-refractivity contribution in [1.29, 1.82) is 0 Å². The van der Waals surface area contributed by atoms with Crippen molar-refractivity contribution in [1.82, 2.24) is 10.2 Å². The van der Waals surface area contributed by atoms with Crippen LogP contribution in [0.5, 0.6) is 0 Å². The van der Waals surface area contributed by atoms with Crippen molar-refractivity contribution in [3.8, 4) is 0 Å². The second-order valence-electron chi connectivity index (χ2n) is 4.53. The molecule has 3 amide bonds. The minimum Gasteiger partial charge on any atom is -0.351 e. The van der Waals surface area contributed by atoms with Gasteiger partial charge in [0.1, 0.15) is 0 Å². The molecule has 0 aliphatic heterocycles. The van der Waals surface area contributed by atoms with E-state index < -0.39 is 6.03 Å². The van der Waals surface area contributed by atoms with Crippen LogP contribution in [0.4, 0.5) is 4.79 Å². The highest BCUT2D eigenvalue weighted by atomic mass is 16.2. The van der Waals surface area contributed by atoms with E-state index in [9.17, 15) is 9.59 Å². The zero-order chi connectivity index (χ0) is 13.0. The molecule has 1 aliphatic carbocycles. The highest BCUT2D eigenvalue weighted by molar-refractivity contribution is 5.94. The van der Waals surface area contributed by atoms with E-state index in [0.29, 0.717) is 6.04 Å². The van der Waals surface area contributed by atoms with Crippen molar-refractivity contribution in [2.24, 2.45) is 5.73 Å². The zero-order valence-corrected chi connectivity index (χ0v) is 10.1. The molecule has 0 radical (unpaired) electrons. The Morgan fingerprint density at radius 3 is 2.50 bits per heavy atom. The van der Waals surface area contributed by atoms with Crippen LogP contribution < -0.4 is 11.1 Å². The number of hydrogen-bond acceptors (Lipinski definition) is 3. The normalized spacial score (nSPS) is 14.5. The fraction of sp³-hybridized carbons (Fsp3) is 0.385. The highest BCUT2D eigenvalue weighted by Crippen LogP contribution is 2.27. The van der Waals surface area contributed by atoms with Gasteiger partial charge in [0.05, 0.1) is 6.54 Å². The summed E-state index contributed by atoms with van der Waals surface area (Å²) in [4.78, 5) is 24.2. The number of nitrogens with two attached hydrogens (primary N) is 1. The van der Waals surface area contributed by atoms with E-state index in [1.807, 2.05) is 30.3 Å². The SMILES string of the molecule is NC(=O)NC(=O)CN(Cc1ccccc1)C1CC1. The lowest BCUT2D eigenvalue weighted by molar-refractivity contribution is -0.121. The summed E-state index contributed by atoms with van der Waals surface area (Å²) < 4.78 is 0. The minimum absolute atomic E-state index is 0.211. The molecule has 1 fully saturated rings. The van der Waals surface area contributed by atoms with Crippen LogP contribution in [0.15, 0.2) is 30.3 Å². The van der Waals surface area contributed by atoms with Crippen molar-refractivity contribution in [2.45, 2.75) is 25.4 Å². The van der Waals surface area contributed by atoms with Gasteiger partial charge in [-0.25, -0.2) is 4.79 Å². The fourth-order valence-corrected chi connectivity index (χ4v) is 1.93. The number of imide groups is 1. The molecule has 0 spiro atoms. The topological polar surface area (TPSA) is 75.4 Å². The number of primary amides is 1. The maximum Gasteiger partial charge on any atom is 0.318 e. The van der Waals surface area contributed by atoms with Crippen molar-refractivity contribution in [2.75, 3.05) is 6.54 Å². The van der Waals surface area contributed by atoms with Crippen LogP contribution in [0, 0.1) is 0 Å². The molecule has 0 aromatic heterocycles. The number of amides is 3. The van der Waals surface area contributed by atoms with Gasteiger partial charge in [0.25, 0.3) is 0 Å². The van der Waals surface area contributed by atoms with Crippen LogP contribution in [-0.2, 0) is 11.3 Å². The molecule has 1 aromatic carbocycles. The average Bonchev–Trinajstić information content (AvgIpc) is 3.12. The third-order valence-corrected chi connectivity index (χ3v) is 2.90. The number of urea groups is 1. The van der Waals surface area contributed by atoms with Gasteiger partial charge in [-0.2, -0.15) is 0 Å². The molecule has 0 saturated heterocycles. The van der Waals surface area contributed by atoms with Crippen molar-refractivity contribution < 1.29 is 9.59 Å². The number of hydrogen-bond donors (Lipinski definition) is 2. The first-order valence-electron chi connectivity index (χ1n) is 6.02. The number of rotatable bonds is 5. The molecule has 0 atom stereocenters. The van der Waals surface area contributed by atoms with Gasteiger partial charge in [-0.05, 0) is 18.4 Å². The van der Waals surface area contributed by atoms with Crippen molar-refractivity contribution >= 4 is 11.9 Å². The Balaban J connectivity index is 1.92. The lowest BCUT2D eigenvalue weighted by atomic mass is 10.2. The zero-order valence-electron chi connectivity index (χ0n) is 10.1. The molecule has 96 valence electrons. The molecule has 3 N–H and O–H groups in total. The molecule has 0 unspecified atom stereocenters. The predicted octanol–water partition coefficient (Wildman–Crippen LogP) is 0.846. The lowest BCUT2D eigenvalue weighted by Crippen LogP contribution is -2.42. The second kappa shape index (κ2) is 5.64. The third-order valence-electron chi connectivity index (χ3n) is 2.90. The quantitative estimate of drug-likeness (QED) is 0.809. The molecule has 0 heterocycles. The third kappa shape index (κ3) is 3.85. The summed E-state index contributed by atoms with van der Waals surface area (Å²) in [5, 5.41) is 2.10. The number of benzene rings is 1. The number of carbonyl (C=O) groups is 2. The molecule has 5 nitrogen and oxygen atoms in total. The minimum atomic E-state index is -0.796. The van der Waals surface area contributed by atoms with Crippen LogP contribution >= 0.6 is 0 Å². The van der Waals surface area contributed by atoms with Crippen LogP contribution in [-0.4, -0.2) is 29.4 Å². The maximum atomic E-state index is 11.5. The first-order valence-corrected chi connectivity index (χ1v) is 6.02. The summed E-state index contributed by atoms with van der Waals surface area (Å²) in [6, 6.07) is 9.63. The summed E-state index contributed by atoms with van der Waals surface area (Å²) in [5.74, 6) is -0.342. The number of carbonyl (C=O) groups excluding carboxylic acids is 2. The van der Waals surface area contributed by atoms with E-state index in [1.54, 1.807) is 0 Å². The Morgan fingerprint density at radius 2 is 1.94 bits per heavy atom. The lowest BCUT2D eigenvalue weighted by Gasteiger charge is -2.20. The van der Waals surface area contributed by atoms with Gasteiger partial charge in [-0.15, -0.1) is 0 Å². The standard InChI is InChI=1S/C13H17N3O2/c14-13(18)15-12(17)9-16(11-6-7-11)8-10-4-2-1-3-5-10/h1-5,11H,6-9H2,(H3,14,15,17,18). The first kappa shape index (κ1) is 12.6. The second-order valence-corrected chi connectivity index (χ2v) is 4.53. The Hall–Kier alpha value is -1.88. The van der Waals surface area contributed by atoms with Crippen LogP contribution in [0.1, 0.15) is 18.4 Å². The summed E-state index contributed by atoms with van der Waals surface area (Å²) in [5.41, 5.74) is 6.09. The van der Waals surface area contributed by atoms with Crippen LogP contribution in [0.2, 0.25) is 0 Å². The molecule has 2 rings (SSSR count). The van der Waals surface area contributed by atoms with Gasteiger partial charge in [-0.1, -0.05) is 30.3 Å². The highest BCUT2D eigenvalue weighted by Gasteiger charge is 2.30. The van der Waals surface area contributed by atoms with Crippen molar-refractivity contribution in [3.05, 3.63) is 35.9 Å². The molecule has 0 bridgehead atoms. The van der Waals surface area contributed by atoms with Gasteiger partial charge >= 0.3 is 6.03 Å². The molecular weight excluding hydrogens is 230 g/mol. The van der Waals surface area contributed by atoms with Crippen LogP contribution in [0.3, 0.4) is 0 Å². The van der Waals surface area contributed by atoms with Gasteiger partial charge in [0, 0.05) is 12.6 Å². The number of nitrogens with zero attached hydrogens (tertiary/aromatic N) is 1. The molecule has 1 aromatic rings. The van der Waals surface area contributed by atoms with E-state index in [1.165, 1.54) is 0 Å². The molecule has 18 heavy (non-hydrogen) atoms. The van der Waals surface area contributed by atoms with E-state index in [2.05, 4.69) is 10.2 Å². The summed E-state index contributed by atoms with van der Waals surface area (Å²) in [6.07, 6.45) is 2.22. The first-order chi connectivity index (χ1) is 8.65. The smallest absolute Gasteiger partial charge is 0.318 e. The molecule has 1 aliphatic rings. The Morgan fingerprint density at radius 1 is 1.28 bits per heavy atom. The maximum absolute atomic E-state index is 11.5. The van der Waals surface area contributed by atoms with Crippen LogP contribution in [0.25, 0.3) is 0 Å². The van der Waals surface area contributed by atoms with E-state index in [4.69, 9.17) is 5.73 Å². The van der Waals surface area contributed by atoms with Gasteiger partial charge in [0.2, 0.25) is 5.91 Å². The van der Waals surface area contributed by atoms with E-state index >= 15 is 0 Å². The van der Waals surface area contributed by atoms with Crippen molar-refractivity contribution in [3.63, 3.8) is 0 Å². The van der Waals surface area contributed by atoms with E-state index in [0.717, 1.165) is 24.9 Å². The summed E-state index contributed by atoms with van der Waals surface area (Å²) in [7, 11) is 0. The Bertz CT molecular complexity index is 429. The fourth-order valence-electron chi connectivity index (χ4n) is 1.93. The molecule has 5 heteroatoms. The summed E-state index contributed by atoms with van der Waals surface area (Å²) >= 11 is 0. The van der Waals surface area contributed by atoms with E-state index in [-0.39, 0.29) is 12.5 Å². The summed E-state index contributed by atoms with van der Waals surface area (Å²) in [6.45, 7) is 0.931. The largest absolute Gasteiger partial charge is 0.351 e. The van der Waals surface area contributed by atoms with Gasteiger partial charge in [-0.3, -0.25) is 15.0 Å². The predicted molar refractivity (Wildman–Crippen MR) is 67.6 cm³/mol. The van der Waals surface area contributed by atoms with Gasteiger partial charge in [0.15, 0.2) is 0 Å². The number of nitrogens with one attached hydrogen (secondary N) is 1. The molecule has 1 saturated carbocycles. The Kier molecular flexibility index (Phi) is 3.94. The monoisotopic (exact) mass is 247 g/mol.